The number of halogens is 1. The van der Waals surface area contributed by atoms with Crippen molar-refractivity contribution in [2.24, 2.45) is 5.92 Å². The van der Waals surface area contributed by atoms with Gasteiger partial charge in [0.25, 0.3) is 0 Å². The van der Waals surface area contributed by atoms with Crippen molar-refractivity contribution < 1.29 is 0 Å². The lowest BCUT2D eigenvalue weighted by atomic mass is 10.1. The van der Waals surface area contributed by atoms with Crippen LogP contribution < -0.4 is 5.32 Å². The Morgan fingerprint density at radius 3 is 2.71 bits per heavy atom. The van der Waals surface area contributed by atoms with Crippen LogP contribution >= 0.6 is 23.7 Å². The molecule has 1 atom stereocenters. The highest BCUT2D eigenvalue weighted by molar-refractivity contribution is 7.09. The molecular weight excluding hydrogens is 254 g/mol. The summed E-state index contributed by atoms with van der Waals surface area (Å²) in [7, 11) is 4.36. The number of aryl methyl sites for hydroxylation is 1. The normalized spacial score (nSPS) is 16.9. The third kappa shape index (κ3) is 4.54. The second kappa shape index (κ2) is 6.69. The van der Waals surface area contributed by atoms with E-state index in [1.54, 1.807) is 11.3 Å². The number of aromatic nitrogens is 1. The van der Waals surface area contributed by atoms with Crippen LogP contribution in [0.1, 0.15) is 23.5 Å². The molecule has 1 fully saturated rings. The van der Waals surface area contributed by atoms with Crippen LogP contribution in [0.25, 0.3) is 0 Å². The third-order valence-electron chi connectivity index (χ3n) is 3.16. The molecule has 1 N–H and O–H groups in total. The van der Waals surface area contributed by atoms with E-state index in [0.717, 1.165) is 24.0 Å². The largest absolute Gasteiger partial charge is 0.310 e. The first-order valence-corrected chi connectivity index (χ1v) is 6.83. The molecule has 1 unspecified atom stereocenters. The van der Waals surface area contributed by atoms with E-state index in [4.69, 9.17) is 0 Å². The summed E-state index contributed by atoms with van der Waals surface area (Å²) in [6.07, 6.45) is 2.81. The van der Waals surface area contributed by atoms with Gasteiger partial charge in [-0.15, -0.1) is 23.7 Å². The standard InChI is InChI=1S/C12H21N3S.ClH/c1-9-14-11(8-16-9)6-13-7-12(15(2)3)10-4-5-10;/h8,10,12-13H,4-7H2,1-3H3;1H. The zero-order valence-electron chi connectivity index (χ0n) is 10.8. The number of hydrogen-bond donors (Lipinski definition) is 1. The summed E-state index contributed by atoms with van der Waals surface area (Å²) in [5, 5.41) is 6.82. The van der Waals surface area contributed by atoms with Crippen LogP contribution in [0.3, 0.4) is 0 Å². The van der Waals surface area contributed by atoms with Gasteiger partial charge < -0.3 is 10.2 Å². The molecule has 0 bridgehead atoms. The van der Waals surface area contributed by atoms with E-state index in [-0.39, 0.29) is 12.4 Å². The molecule has 2 rings (SSSR count). The van der Waals surface area contributed by atoms with Crippen LogP contribution in [0.4, 0.5) is 0 Å². The second-order valence-electron chi connectivity index (χ2n) is 4.86. The van der Waals surface area contributed by atoms with Gasteiger partial charge in [0, 0.05) is 24.5 Å². The third-order valence-corrected chi connectivity index (χ3v) is 3.98. The first kappa shape index (κ1) is 14.9. The Balaban J connectivity index is 0.00000144. The molecule has 0 aromatic carbocycles. The predicted molar refractivity (Wildman–Crippen MR) is 76.0 cm³/mol. The summed E-state index contributed by atoms with van der Waals surface area (Å²) >= 11 is 1.73. The van der Waals surface area contributed by atoms with Crippen LogP contribution in [-0.2, 0) is 6.54 Å². The number of thiazole rings is 1. The van der Waals surface area contributed by atoms with Crippen LogP contribution in [0, 0.1) is 12.8 Å². The molecule has 0 radical (unpaired) electrons. The van der Waals surface area contributed by atoms with Crippen LogP contribution in [0.15, 0.2) is 5.38 Å². The molecule has 1 aliphatic carbocycles. The summed E-state index contributed by atoms with van der Waals surface area (Å²) in [4.78, 5) is 6.80. The van der Waals surface area contributed by atoms with Crippen molar-refractivity contribution in [3.05, 3.63) is 16.1 Å². The van der Waals surface area contributed by atoms with Gasteiger partial charge in [0.15, 0.2) is 0 Å². The summed E-state index contributed by atoms with van der Waals surface area (Å²) in [6.45, 7) is 4.04. The number of nitrogens with one attached hydrogen (secondary N) is 1. The van der Waals surface area contributed by atoms with Gasteiger partial charge >= 0.3 is 0 Å². The predicted octanol–water partition coefficient (Wildman–Crippen LogP) is 2.30. The maximum Gasteiger partial charge on any atom is 0.0897 e. The fourth-order valence-electron chi connectivity index (χ4n) is 2.09. The van der Waals surface area contributed by atoms with Gasteiger partial charge in [-0.25, -0.2) is 4.98 Å². The summed E-state index contributed by atoms with van der Waals surface area (Å²) in [5.74, 6) is 0.916. The maximum atomic E-state index is 4.46. The average Bonchev–Trinajstić information content (AvgIpc) is 2.97. The molecule has 0 aliphatic heterocycles. The second-order valence-corrected chi connectivity index (χ2v) is 5.92. The van der Waals surface area contributed by atoms with Gasteiger partial charge in [0.05, 0.1) is 10.7 Å². The molecule has 1 aliphatic rings. The molecule has 1 heterocycles. The van der Waals surface area contributed by atoms with Gasteiger partial charge in [-0.1, -0.05) is 0 Å². The van der Waals surface area contributed by atoms with Crippen molar-refractivity contribution in [3.8, 4) is 0 Å². The number of likely N-dealkylation sites (N-methyl/N-ethyl adjacent to an activating group) is 1. The van der Waals surface area contributed by atoms with E-state index in [1.807, 2.05) is 0 Å². The Morgan fingerprint density at radius 2 is 2.24 bits per heavy atom. The van der Waals surface area contributed by atoms with Crippen molar-refractivity contribution in [2.45, 2.75) is 32.4 Å². The van der Waals surface area contributed by atoms with Crippen LogP contribution in [0.5, 0.6) is 0 Å². The minimum absolute atomic E-state index is 0. The molecule has 0 spiro atoms. The highest BCUT2D eigenvalue weighted by Crippen LogP contribution is 2.34. The lowest BCUT2D eigenvalue weighted by Gasteiger charge is -2.24. The molecule has 1 aromatic heterocycles. The highest BCUT2D eigenvalue weighted by atomic mass is 35.5. The first-order chi connectivity index (χ1) is 7.66. The molecule has 5 heteroatoms. The van der Waals surface area contributed by atoms with Crippen molar-refractivity contribution in [1.82, 2.24) is 15.2 Å². The minimum Gasteiger partial charge on any atom is -0.310 e. The number of hydrogen-bond acceptors (Lipinski definition) is 4. The Labute approximate surface area is 114 Å². The average molecular weight is 276 g/mol. The lowest BCUT2D eigenvalue weighted by molar-refractivity contribution is 0.255. The molecule has 98 valence electrons. The van der Waals surface area contributed by atoms with Gasteiger partial charge in [0.1, 0.15) is 0 Å². The van der Waals surface area contributed by atoms with Gasteiger partial charge in [0.2, 0.25) is 0 Å². The topological polar surface area (TPSA) is 28.2 Å². The number of nitrogens with zero attached hydrogens (tertiary/aromatic N) is 2. The summed E-state index contributed by atoms with van der Waals surface area (Å²) in [6, 6.07) is 0.694. The molecule has 1 saturated carbocycles. The van der Waals surface area contributed by atoms with Gasteiger partial charge in [-0.2, -0.15) is 0 Å². The Hall–Kier alpha value is -0.160. The maximum absolute atomic E-state index is 4.46. The van der Waals surface area contributed by atoms with Gasteiger partial charge in [-0.3, -0.25) is 0 Å². The molecule has 0 saturated heterocycles. The van der Waals surface area contributed by atoms with Crippen LogP contribution in [0.2, 0.25) is 0 Å². The van der Waals surface area contributed by atoms with E-state index in [9.17, 15) is 0 Å². The van der Waals surface area contributed by atoms with Crippen LogP contribution in [-0.4, -0.2) is 36.6 Å². The molecule has 1 aromatic rings. The lowest BCUT2D eigenvalue weighted by Crippen LogP contribution is -2.39. The Bertz CT molecular complexity index is 334. The summed E-state index contributed by atoms with van der Waals surface area (Å²) in [5.41, 5.74) is 1.18. The molecule has 0 amide bonds. The minimum atomic E-state index is 0. The smallest absolute Gasteiger partial charge is 0.0897 e. The highest BCUT2D eigenvalue weighted by Gasteiger charge is 2.31. The van der Waals surface area contributed by atoms with Crippen molar-refractivity contribution >= 4 is 23.7 Å². The van der Waals surface area contributed by atoms with E-state index in [1.165, 1.54) is 18.5 Å². The van der Waals surface area contributed by atoms with E-state index < -0.39 is 0 Å². The molecule has 17 heavy (non-hydrogen) atoms. The van der Waals surface area contributed by atoms with E-state index in [0.29, 0.717) is 6.04 Å². The Kier molecular flexibility index (Phi) is 5.86. The van der Waals surface area contributed by atoms with Crippen molar-refractivity contribution in [1.29, 1.82) is 0 Å². The zero-order chi connectivity index (χ0) is 11.5. The fourth-order valence-corrected chi connectivity index (χ4v) is 2.70. The summed E-state index contributed by atoms with van der Waals surface area (Å²) < 4.78 is 0. The van der Waals surface area contributed by atoms with E-state index >= 15 is 0 Å². The SMILES string of the molecule is Cc1nc(CNCC(C2CC2)N(C)C)cs1.Cl. The van der Waals surface area contributed by atoms with Crippen molar-refractivity contribution in [3.63, 3.8) is 0 Å². The zero-order valence-corrected chi connectivity index (χ0v) is 12.4. The van der Waals surface area contributed by atoms with E-state index in [2.05, 4.69) is 41.6 Å². The fraction of sp³-hybridized carbons (Fsp3) is 0.750. The molecule has 3 nitrogen and oxygen atoms in total. The molecular formula is C12H22ClN3S. The quantitative estimate of drug-likeness (QED) is 0.864. The first-order valence-electron chi connectivity index (χ1n) is 5.95. The van der Waals surface area contributed by atoms with Gasteiger partial charge in [-0.05, 0) is 39.8 Å². The Morgan fingerprint density at radius 1 is 1.53 bits per heavy atom. The monoisotopic (exact) mass is 275 g/mol. The van der Waals surface area contributed by atoms with Crippen molar-refractivity contribution in [2.75, 3.05) is 20.6 Å². The number of rotatable bonds is 6.